The number of hydrazine groups is 1. The van der Waals surface area contributed by atoms with Gasteiger partial charge >= 0.3 is 0 Å². The number of carbonyl (C=O) groups is 1. The van der Waals surface area contributed by atoms with E-state index in [-0.39, 0.29) is 23.4 Å². The summed E-state index contributed by atoms with van der Waals surface area (Å²) in [6, 6.07) is 0.156. The van der Waals surface area contributed by atoms with Crippen molar-refractivity contribution in [1.82, 2.24) is 5.01 Å². The summed E-state index contributed by atoms with van der Waals surface area (Å²) in [6.07, 6.45) is 1.52. The van der Waals surface area contributed by atoms with Gasteiger partial charge in [-0.3, -0.25) is 4.79 Å². The Hall–Kier alpha value is -1.03. The van der Waals surface area contributed by atoms with Crippen molar-refractivity contribution in [2.75, 3.05) is 0 Å². The fraction of sp³-hybridized carbons (Fsp3) is 0.727. The van der Waals surface area contributed by atoms with Crippen molar-refractivity contribution in [3.63, 3.8) is 0 Å². The molecule has 0 aromatic carbocycles. The molecule has 0 radical (unpaired) electrons. The first-order chi connectivity index (χ1) is 6.77. The van der Waals surface area contributed by atoms with Gasteiger partial charge in [-0.15, -0.1) is 0 Å². The molecule has 0 fully saturated rings. The van der Waals surface area contributed by atoms with E-state index >= 15 is 0 Å². The molecule has 4 nitrogen and oxygen atoms in total. The Morgan fingerprint density at radius 3 is 2.00 bits per heavy atom. The van der Waals surface area contributed by atoms with Crippen molar-refractivity contribution in [1.29, 1.82) is 0 Å². The Labute approximate surface area is 92.3 Å². The van der Waals surface area contributed by atoms with Gasteiger partial charge in [-0.1, -0.05) is 27.7 Å². The maximum atomic E-state index is 11.5. The highest BCUT2D eigenvalue weighted by Crippen LogP contribution is 2.08. The number of nitrogens with two attached hydrogens (primary N) is 2. The molecule has 0 saturated heterocycles. The van der Waals surface area contributed by atoms with Crippen LogP contribution in [-0.2, 0) is 4.79 Å². The van der Waals surface area contributed by atoms with E-state index in [9.17, 15) is 4.79 Å². The first kappa shape index (κ1) is 14.0. The number of hydrogen-bond acceptors (Lipinski definition) is 4. The molecule has 88 valence electrons. The van der Waals surface area contributed by atoms with Gasteiger partial charge in [0.05, 0.1) is 5.70 Å². The molecule has 1 atom stereocenters. The lowest BCUT2D eigenvalue weighted by atomic mass is 10.1. The molecule has 0 aliphatic carbocycles. The Bertz CT molecular complexity index is 246. The molecule has 4 heteroatoms. The van der Waals surface area contributed by atoms with Crippen LogP contribution in [0, 0.1) is 11.8 Å². The number of nitrogens with zero attached hydrogens (tertiary/aromatic N) is 1. The second-order valence-corrected chi connectivity index (χ2v) is 4.54. The highest BCUT2D eigenvalue weighted by molar-refractivity contribution is 5.95. The van der Waals surface area contributed by atoms with Crippen molar-refractivity contribution >= 4 is 5.78 Å². The van der Waals surface area contributed by atoms with Crippen molar-refractivity contribution in [3.05, 3.63) is 11.9 Å². The lowest BCUT2D eigenvalue weighted by Gasteiger charge is -2.26. The van der Waals surface area contributed by atoms with Crippen LogP contribution in [0.15, 0.2) is 11.9 Å². The maximum Gasteiger partial charge on any atom is 0.182 e. The second kappa shape index (κ2) is 5.75. The molecule has 0 spiro atoms. The van der Waals surface area contributed by atoms with Crippen LogP contribution < -0.4 is 11.6 Å². The van der Waals surface area contributed by atoms with Crippen molar-refractivity contribution in [3.8, 4) is 0 Å². The lowest BCUT2D eigenvalue weighted by molar-refractivity contribution is -0.118. The molecule has 0 heterocycles. The molecule has 0 rings (SSSR count). The fourth-order valence-electron chi connectivity index (χ4n) is 1.02. The summed E-state index contributed by atoms with van der Waals surface area (Å²) >= 11 is 0. The highest BCUT2D eigenvalue weighted by atomic mass is 16.1. The van der Waals surface area contributed by atoms with Crippen molar-refractivity contribution in [2.45, 2.75) is 40.7 Å². The zero-order valence-electron chi connectivity index (χ0n) is 10.3. The van der Waals surface area contributed by atoms with Gasteiger partial charge in [-0.2, -0.15) is 0 Å². The predicted octanol–water partition coefficient (Wildman–Crippen LogP) is 1.23. The van der Waals surface area contributed by atoms with Crippen LogP contribution in [0.2, 0.25) is 0 Å². The number of rotatable bonds is 5. The van der Waals surface area contributed by atoms with E-state index in [2.05, 4.69) is 13.8 Å². The molecular formula is C11H23N3O. The summed E-state index contributed by atoms with van der Waals surface area (Å²) in [7, 11) is 0. The molecule has 0 amide bonds. The minimum absolute atomic E-state index is 0.0681. The molecule has 1 unspecified atom stereocenters. The average molecular weight is 213 g/mol. The first-order valence-corrected chi connectivity index (χ1v) is 5.31. The van der Waals surface area contributed by atoms with E-state index in [0.717, 1.165) is 0 Å². The highest BCUT2D eigenvalue weighted by Gasteiger charge is 2.15. The predicted molar refractivity (Wildman–Crippen MR) is 62.4 cm³/mol. The summed E-state index contributed by atoms with van der Waals surface area (Å²) in [5.74, 6) is 6.03. The summed E-state index contributed by atoms with van der Waals surface area (Å²) in [6.45, 7) is 9.76. The minimum atomic E-state index is -0.0935. The van der Waals surface area contributed by atoms with Crippen LogP contribution in [-0.4, -0.2) is 16.8 Å². The van der Waals surface area contributed by atoms with Crippen LogP contribution in [0.25, 0.3) is 0 Å². The van der Waals surface area contributed by atoms with Crippen molar-refractivity contribution in [2.24, 2.45) is 23.4 Å². The maximum absolute atomic E-state index is 11.5. The van der Waals surface area contributed by atoms with Crippen LogP contribution in [0.1, 0.15) is 34.6 Å². The topological polar surface area (TPSA) is 72.4 Å². The molecule has 0 bridgehead atoms. The third-order valence-electron chi connectivity index (χ3n) is 2.53. The zero-order chi connectivity index (χ0) is 12.2. The van der Waals surface area contributed by atoms with Gasteiger partial charge < -0.3 is 10.7 Å². The summed E-state index contributed by atoms with van der Waals surface area (Å²) in [5.41, 5.74) is 5.87. The standard InChI is InChI=1S/C11H23N3O/c1-7(2)9(5)14(13)6-10(12)11(15)8(3)4/h6-9H,12-13H2,1-5H3/b10-6-. The van der Waals surface area contributed by atoms with E-state index in [1.54, 1.807) is 0 Å². The normalized spacial score (nSPS) is 14.5. The van der Waals surface area contributed by atoms with Gasteiger partial charge in [0, 0.05) is 18.2 Å². The molecule has 15 heavy (non-hydrogen) atoms. The van der Waals surface area contributed by atoms with E-state index < -0.39 is 0 Å². The third kappa shape index (κ3) is 4.34. The molecular weight excluding hydrogens is 190 g/mol. The number of allylic oxidation sites excluding steroid dienone is 1. The van der Waals surface area contributed by atoms with Gasteiger partial charge in [0.15, 0.2) is 5.78 Å². The van der Waals surface area contributed by atoms with Crippen LogP contribution in [0.3, 0.4) is 0 Å². The van der Waals surface area contributed by atoms with Gasteiger partial charge in [0.25, 0.3) is 0 Å². The van der Waals surface area contributed by atoms with Crippen LogP contribution in [0.4, 0.5) is 0 Å². The molecule has 0 aromatic heterocycles. The number of carbonyl (C=O) groups excluding carboxylic acids is 1. The zero-order valence-corrected chi connectivity index (χ0v) is 10.3. The second-order valence-electron chi connectivity index (χ2n) is 4.54. The number of Topliss-reactive ketones (excluding diaryl/α,β-unsaturated/α-hetero) is 1. The Balaban J connectivity index is 4.54. The molecule has 0 aromatic rings. The molecule has 0 saturated carbocycles. The monoisotopic (exact) mass is 213 g/mol. The minimum Gasteiger partial charge on any atom is -0.395 e. The Kier molecular flexibility index (Phi) is 5.36. The summed E-state index contributed by atoms with van der Waals surface area (Å²) in [5, 5.41) is 1.50. The smallest absolute Gasteiger partial charge is 0.182 e. The van der Waals surface area contributed by atoms with Gasteiger partial charge in [0.1, 0.15) is 0 Å². The fourth-order valence-corrected chi connectivity index (χ4v) is 1.02. The van der Waals surface area contributed by atoms with Crippen LogP contribution in [0.5, 0.6) is 0 Å². The molecule has 4 N–H and O–H groups in total. The van der Waals surface area contributed by atoms with Gasteiger partial charge in [-0.25, -0.2) is 5.84 Å². The quantitative estimate of drug-likeness (QED) is 0.409. The van der Waals surface area contributed by atoms with Crippen LogP contribution >= 0.6 is 0 Å². The van der Waals surface area contributed by atoms with E-state index in [0.29, 0.717) is 5.92 Å². The van der Waals surface area contributed by atoms with Gasteiger partial charge in [-0.05, 0) is 12.8 Å². The number of hydrogen-bond donors (Lipinski definition) is 2. The van der Waals surface area contributed by atoms with E-state index in [1.807, 2.05) is 20.8 Å². The third-order valence-corrected chi connectivity index (χ3v) is 2.53. The Morgan fingerprint density at radius 1 is 1.20 bits per heavy atom. The lowest BCUT2D eigenvalue weighted by Crippen LogP contribution is -2.39. The largest absolute Gasteiger partial charge is 0.395 e. The number of ketones is 1. The van der Waals surface area contributed by atoms with Gasteiger partial charge in [0.2, 0.25) is 0 Å². The Morgan fingerprint density at radius 2 is 1.67 bits per heavy atom. The molecule has 0 aliphatic rings. The van der Waals surface area contributed by atoms with E-state index in [1.165, 1.54) is 11.2 Å². The van der Waals surface area contributed by atoms with Crippen molar-refractivity contribution < 1.29 is 4.79 Å². The van der Waals surface area contributed by atoms with E-state index in [4.69, 9.17) is 11.6 Å². The average Bonchev–Trinajstić information content (AvgIpc) is 2.14. The SMILES string of the molecule is CC(C)C(=O)/C(N)=C/N(N)C(C)C(C)C. The summed E-state index contributed by atoms with van der Waals surface area (Å²) < 4.78 is 0. The first-order valence-electron chi connectivity index (χ1n) is 5.31. The molecule has 0 aliphatic heterocycles. The summed E-state index contributed by atoms with van der Waals surface area (Å²) in [4.78, 5) is 11.5.